The second-order valence-electron chi connectivity index (χ2n) is 6.83. The molecule has 29 heavy (non-hydrogen) atoms. The summed E-state index contributed by atoms with van der Waals surface area (Å²) >= 11 is 0. The first kappa shape index (κ1) is 20.0. The number of aromatic nitrogens is 2. The third kappa shape index (κ3) is 4.06. The van der Waals surface area contributed by atoms with Gasteiger partial charge in [-0.1, -0.05) is 18.2 Å². The van der Waals surface area contributed by atoms with Crippen LogP contribution >= 0.6 is 0 Å². The molecule has 2 aromatic carbocycles. The number of nitrogens with zero attached hydrogens (tertiary/aromatic N) is 3. The molecule has 3 aromatic rings. The molecule has 7 heteroatoms. The van der Waals surface area contributed by atoms with Gasteiger partial charge in [0.05, 0.1) is 23.2 Å². The molecule has 0 bridgehead atoms. The molecule has 0 fully saturated rings. The Balaban J connectivity index is 2.32. The second kappa shape index (κ2) is 8.07. The summed E-state index contributed by atoms with van der Waals surface area (Å²) in [5.41, 5.74) is 1.11. The number of rotatable bonds is 5. The first-order valence-corrected chi connectivity index (χ1v) is 9.02. The number of benzene rings is 2. The fourth-order valence-electron chi connectivity index (χ4n) is 3.00. The Morgan fingerprint density at radius 1 is 1.21 bits per heavy atom. The number of ketones is 1. The summed E-state index contributed by atoms with van der Waals surface area (Å²) in [6.45, 7) is 4.91. The van der Waals surface area contributed by atoms with E-state index in [4.69, 9.17) is 5.26 Å². The SMILES string of the molecule is CC(=O)c1c(-c2cccc(F)c2)nn(C(C)C)c(=O)c1Nc1cccc(C#N)c1. The number of anilines is 2. The van der Waals surface area contributed by atoms with E-state index in [0.29, 0.717) is 16.8 Å². The maximum Gasteiger partial charge on any atom is 0.291 e. The number of carbonyl (C=O) groups excluding carboxylic acids is 1. The topological polar surface area (TPSA) is 87.8 Å². The highest BCUT2D eigenvalue weighted by atomic mass is 19.1. The van der Waals surface area contributed by atoms with Crippen molar-refractivity contribution in [2.24, 2.45) is 0 Å². The third-order valence-corrected chi connectivity index (χ3v) is 4.32. The molecule has 1 N–H and O–H groups in total. The van der Waals surface area contributed by atoms with E-state index in [1.54, 1.807) is 44.2 Å². The van der Waals surface area contributed by atoms with Crippen molar-refractivity contribution in [1.82, 2.24) is 9.78 Å². The number of carbonyl (C=O) groups is 1. The molecule has 0 amide bonds. The molecule has 1 heterocycles. The van der Waals surface area contributed by atoms with Crippen molar-refractivity contribution < 1.29 is 9.18 Å². The Morgan fingerprint density at radius 3 is 2.55 bits per heavy atom. The highest BCUT2D eigenvalue weighted by molar-refractivity contribution is 6.05. The molecular formula is C22H19FN4O2. The summed E-state index contributed by atoms with van der Waals surface area (Å²) in [5, 5.41) is 16.5. The molecule has 0 radical (unpaired) electrons. The molecule has 3 rings (SSSR count). The number of halogens is 1. The van der Waals surface area contributed by atoms with Crippen LogP contribution in [-0.2, 0) is 0 Å². The van der Waals surface area contributed by atoms with Crippen molar-refractivity contribution in [3.8, 4) is 17.3 Å². The Kier molecular flexibility index (Phi) is 5.55. The van der Waals surface area contributed by atoms with Gasteiger partial charge >= 0.3 is 0 Å². The predicted octanol–water partition coefficient (Wildman–Crippen LogP) is 4.45. The highest BCUT2D eigenvalue weighted by Gasteiger charge is 2.23. The standard InChI is InChI=1S/C22H19FN4O2/c1-13(2)27-22(29)21(25-18-9-4-6-15(10-18)12-24)19(14(3)28)20(26-27)16-7-5-8-17(23)11-16/h4-11,13,25H,1-3H3. The number of nitrogens with one attached hydrogen (secondary N) is 1. The molecule has 0 saturated heterocycles. The number of Topliss-reactive ketones (excluding diaryl/α,β-unsaturated/α-hetero) is 1. The fourth-order valence-corrected chi connectivity index (χ4v) is 3.00. The van der Waals surface area contributed by atoms with Gasteiger partial charge in [0.15, 0.2) is 5.78 Å². The first-order chi connectivity index (χ1) is 13.8. The normalized spacial score (nSPS) is 10.6. The third-order valence-electron chi connectivity index (χ3n) is 4.32. The van der Waals surface area contributed by atoms with Crippen LogP contribution in [-0.4, -0.2) is 15.6 Å². The van der Waals surface area contributed by atoms with Crippen LogP contribution in [0.2, 0.25) is 0 Å². The van der Waals surface area contributed by atoms with E-state index in [0.717, 1.165) is 0 Å². The van der Waals surface area contributed by atoms with Crippen LogP contribution in [0.4, 0.5) is 15.8 Å². The second-order valence-corrected chi connectivity index (χ2v) is 6.83. The molecular weight excluding hydrogens is 371 g/mol. The van der Waals surface area contributed by atoms with Crippen LogP contribution in [0.15, 0.2) is 53.3 Å². The largest absolute Gasteiger partial charge is 0.350 e. The molecule has 0 aliphatic heterocycles. The Morgan fingerprint density at radius 2 is 1.93 bits per heavy atom. The van der Waals surface area contributed by atoms with Gasteiger partial charge in [0.2, 0.25) is 0 Å². The van der Waals surface area contributed by atoms with Crippen LogP contribution < -0.4 is 10.9 Å². The van der Waals surface area contributed by atoms with Gasteiger partial charge in [-0.15, -0.1) is 0 Å². The zero-order valence-corrected chi connectivity index (χ0v) is 16.2. The van der Waals surface area contributed by atoms with E-state index in [2.05, 4.69) is 10.4 Å². The zero-order chi connectivity index (χ0) is 21.1. The molecule has 6 nitrogen and oxygen atoms in total. The van der Waals surface area contributed by atoms with Gasteiger partial charge in [-0.25, -0.2) is 9.07 Å². The zero-order valence-electron chi connectivity index (χ0n) is 16.2. The lowest BCUT2D eigenvalue weighted by atomic mass is 10.0. The first-order valence-electron chi connectivity index (χ1n) is 9.02. The van der Waals surface area contributed by atoms with Crippen molar-refractivity contribution in [3.63, 3.8) is 0 Å². The van der Waals surface area contributed by atoms with Gasteiger partial charge in [-0.3, -0.25) is 9.59 Å². The van der Waals surface area contributed by atoms with E-state index in [-0.39, 0.29) is 28.8 Å². The van der Waals surface area contributed by atoms with Gasteiger partial charge in [-0.2, -0.15) is 10.4 Å². The average molecular weight is 390 g/mol. The molecule has 0 atom stereocenters. The minimum atomic E-state index is -0.479. The maximum absolute atomic E-state index is 13.8. The van der Waals surface area contributed by atoms with Crippen molar-refractivity contribution in [1.29, 1.82) is 5.26 Å². The molecule has 0 unspecified atom stereocenters. The quantitative estimate of drug-likeness (QED) is 0.651. The van der Waals surface area contributed by atoms with Gasteiger partial charge in [0, 0.05) is 11.3 Å². The summed E-state index contributed by atoms with van der Waals surface area (Å²) in [4.78, 5) is 25.6. The molecule has 1 aromatic heterocycles. The van der Waals surface area contributed by atoms with E-state index in [9.17, 15) is 14.0 Å². The van der Waals surface area contributed by atoms with Crippen molar-refractivity contribution in [2.75, 3.05) is 5.32 Å². The molecule has 0 saturated carbocycles. The summed E-state index contributed by atoms with van der Waals surface area (Å²) in [7, 11) is 0. The summed E-state index contributed by atoms with van der Waals surface area (Å²) < 4.78 is 15.1. The molecule has 0 aliphatic carbocycles. The molecule has 0 spiro atoms. The van der Waals surface area contributed by atoms with Crippen molar-refractivity contribution in [2.45, 2.75) is 26.8 Å². The fraction of sp³-hybridized carbons (Fsp3) is 0.182. The van der Waals surface area contributed by atoms with Gasteiger partial charge in [0.1, 0.15) is 17.2 Å². The highest BCUT2D eigenvalue weighted by Crippen LogP contribution is 2.29. The van der Waals surface area contributed by atoms with Crippen LogP contribution in [0.1, 0.15) is 42.7 Å². The van der Waals surface area contributed by atoms with E-state index in [1.165, 1.54) is 29.8 Å². The van der Waals surface area contributed by atoms with E-state index in [1.807, 2.05) is 6.07 Å². The Labute approximate surface area is 167 Å². The number of hydrogen-bond acceptors (Lipinski definition) is 5. The van der Waals surface area contributed by atoms with Crippen molar-refractivity contribution >= 4 is 17.2 Å². The van der Waals surface area contributed by atoms with Crippen LogP contribution in [0.3, 0.4) is 0 Å². The van der Waals surface area contributed by atoms with E-state index >= 15 is 0 Å². The Bertz CT molecular complexity index is 1190. The summed E-state index contributed by atoms with van der Waals surface area (Å²) in [5.74, 6) is -0.860. The summed E-state index contributed by atoms with van der Waals surface area (Å²) in [6.07, 6.45) is 0. The summed E-state index contributed by atoms with van der Waals surface area (Å²) in [6, 6.07) is 14.0. The number of hydrogen-bond donors (Lipinski definition) is 1. The minimum absolute atomic E-state index is 0.0375. The average Bonchev–Trinajstić information content (AvgIpc) is 2.68. The smallest absolute Gasteiger partial charge is 0.291 e. The lowest BCUT2D eigenvalue weighted by molar-refractivity contribution is 0.101. The lowest BCUT2D eigenvalue weighted by Crippen LogP contribution is -2.30. The predicted molar refractivity (Wildman–Crippen MR) is 109 cm³/mol. The Hall–Kier alpha value is -3.79. The number of nitriles is 1. The maximum atomic E-state index is 13.8. The lowest BCUT2D eigenvalue weighted by Gasteiger charge is -2.18. The van der Waals surface area contributed by atoms with Crippen LogP contribution in [0, 0.1) is 17.1 Å². The van der Waals surface area contributed by atoms with Crippen molar-refractivity contribution in [3.05, 3.63) is 75.8 Å². The molecule has 146 valence electrons. The van der Waals surface area contributed by atoms with Gasteiger partial charge < -0.3 is 5.32 Å². The van der Waals surface area contributed by atoms with Gasteiger partial charge in [0.25, 0.3) is 5.56 Å². The van der Waals surface area contributed by atoms with Crippen LogP contribution in [0.25, 0.3) is 11.3 Å². The minimum Gasteiger partial charge on any atom is -0.350 e. The van der Waals surface area contributed by atoms with E-state index < -0.39 is 11.4 Å². The monoisotopic (exact) mass is 390 g/mol. The molecule has 0 aliphatic rings. The van der Waals surface area contributed by atoms with Crippen LogP contribution in [0.5, 0.6) is 0 Å². The van der Waals surface area contributed by atoms with Gasteiger partial charge in [-0.05, 0) is 51.1 Å².